The Morgan fingerprint density at radius 2 is 1.77 bits per heavy atom. The van der Waals surface area contributed by atoms with Crippen LogP contribution in [0.25, 0.3) is 22.3 Å². The van der Waals surface area contributed by atoms with Gasteiger partial charge in [0.15, 0.2) is 0 Å². The number of carboxylic acids is 1. The highest BCUT2D eigenvalue weighted by Gasteiger charge is 2.38. The Morgan fingerprint density at radius 3 is 2.47 bits per heavy atom. The largest absolute Gasteiger partial charge is 0.492 e. The molecule has 0 saturated heterocycles. The highest BCUT2D eigenvalue weighted by atomic mass is 19.4. The van der Waals surface area contributed by atoms with Crippen molar-refractivity contribution in [2.24, 2.45) is 0 Å². The molecule has 224 valence electrons. The van der Waals surface area contributed by atoms with Crippen LogP contribution in [0.15, 0.2) is 67.0 Å². The van der Waals surface area contributed by atoms with E-state index in [-0.39, 0.29) is 24.5 Å². The number of aliphatic hydroxyl groups is 1. The second-order valence-electron chi connectivity index (χ2n) is 11.8. The van der Waals surface area contributed by atoms with Crippen molar-refractivity contribution in [1.29, 1.82) is 0 Å². The standard InChI is InChI=1S/C33H31F3N2O5/c1-32(2,41)18-38-16-22(15-37-38)19-3-5-20(6-4-19)31-26-10-12-28(25(26)9-11-27(31)33(34,35)36)43-23-7-8-24-21(13-30(39)40)17-42-29(24)14-23/h3-9,11,14-16,21,28,41H,10,12-13,17-18H2,1-2H3,(H,39,40)/t21-,28-/m1/s1. The molecule has 6 rings (SSSR count). The number of alkyl halides is 3. The maximum Gasteiger partial charge on any atom is 0.417 e. The SMILES string of the molecule is CC(C)(O)Cn1cc(-c2ccc(-c3c(C(F)(F)F)ccc4c3CC[C@H]4Oc3ccc4c(c3)OC[C@H]4CC(=O)O)cc2)cn1. The van der Waals surface area contributed by atoms with Crippen LogP contribution < -0.4 is 9.47 Å². The summed E-state index contributed by atoms with van der Waals surface area (Å²) in [7, 11) is 0. The first-order valence-corrected chi connectivity index (χ1v) is 14.1. The Balaban J connectivity index is 1.28. The predicted octanol–water partition coefficient (Wildman–Crippen LogP) is 7.02. The molecule has 2 atom stereocenters. The Kier molecular flexibility index (Phi) is 7.20. The Labute approximate surface area is 246 Å². The van der Waals surface area contributed by atoms with Gasteiger partial charge in [0.2, 0.25) is 0 Å². The van der Waals surface area contributed by atoms with E-state index in [1.165, 1.54) is 6.07 Å². The highest BCUT2D eigenvalue weighted by molar-refractivity contribution is 5.77. The first-order valence-electron chi connectivity index (χ1n) is 14.1. The molecule has 1 aliphatic heterocycles. The number of hydrogen-bond donors (Lipinski definition) is 2. The number of nitrogens with zero attached hydrogens (tertiary/aromatic N) is 2. The normalized spacial score (nSPS) is 17.8. The number of carboxylic acid groups (broad SMARTS) is 1. The first-order chi connectivity index (χ1) is 20.4. The fraction of sp³-hybridized carbons (Fsp3) is 0.333. The molecule has 0 radical (unpaired) electrons. The molecule has 10 heteroatoms. The van der Waals surface area contributed by atoms with Gasteiger partial charge in [-0.1, -0.05) is 36.4 Å². The van der Waals surface area contributed by atoms with Gasteiger partial charge in [0.1, 0.15) is 17.6 Å². The number of benzene rings is 3. The smallest absolute Gasteiger partial charge is 0.417 e. The number of ether oxygens (including phenoxy) is 2. The number of aromatic nitrogens is 2. The lowest BCUT2D eigenvalue weighted by Crippen LogP contribution is -2.26. The fourth-order valence-corrected chi connectivity index (χ4v) is 6.05. The van der Waals surface area contributed by atoms with Crippen LogP contribution in [0.3, 0.4) is 0 Å². The summed E-state index contributed by atoms with van der Waals surface area (Å²) < 4.78 is 56.4. The molecule has 4 aromatic rings. The van der Waals surface area contributed by atoms with Gasteiger partial charge in [-0.25, -0.2) is 0 Å². The van der Waals surface area contributed by atoms with Gasteiger partial charge in [-0.05, 0) is 66.6 Å². The van der Waals surface area contributed by atoms with E-state index in [4.69, 9.17) is 14.6 Å². The zero-order valence-corrected chi connectivity index (χ0v) is 23.7. The molecule has 7 nitrogen and oxygen atoms in total. The molecule has 43 heavy (non-hydrogen) atoms. The number of hydrogen-bond acceptors (Lipinski definition) is 5. The molecule has 0 fully saturated rings. The van der Waals surface area contributed by atoms with Gasteiger partial charge in [0.05, 0.1) is 36.9 Å². The number of halogens is 3. The van der Waals surface area contributed by atoms with E-state index in [1.54, 1.807) is 73.4 Å². The van der Waals surface area contributed by atoms with Gasteiger partial charge in [0, 0.05) is 29.3 Å². The van der Waals surface area contributed by atoms with E-state index in [9.17, 15) is 23.1 Å². The maximum absolute atomic E-state index is 14.3. The van der Waals surface area contributed by atoms with Crippen LogP contribution in [0.1, 0.15) is 61.0 Å². The van der Waals surface area contributed by atoms with Crippen LogP contribution >= 0.6 is 0 Å². The third-order valence-electron chi connectivity index (χ3n) is 7.91. The average molecular weight is 593 g/mol. The molecule has 3 aromatic carbocycles. The first kappa shape index (κ1) is 28.8. The maximum atomic E-state index is 14.3. The van der Waals surface area contributed by atoms with Gasteiger partial charge >= 0.3 is 12.1 Å². The van der Waals surface area contributed by atoms with Crippen molar-refractivity contribution in [3.8, 4) is 33.8 Å². The lowest BCUT2D eigenvalue weighted by atomic mass is 9.90. The molecular formula is C33H31F3N2O5. The Bertz CT molecular complexity index is 1670. The van der Waals surface area contributed by atoms with E-state index in [1.807, 2.05) is 0 Å². The second-order valence-corrected chi connectivity index (χ2v) is 11.8. The van der Waals surface area contributed by atoms with Gasteiger partial charge in [-0.2, -0.15) is 18.3 Å². The highest BCUT2D eigenvalue weighted by Crippen LogP contribution is 2.47. The molecule has 0 bridgehead atoms. The minimum Gasteiger partial charge on any atom is -0.492 e. The Morgan fingerprint density at radius 1 is 1.05 bits per heavy atom. The zero-order chi connectivity index (χ0) is 30.5. The number of fused-ring (bicyclic) bond motifs is 2. The third-order valence-corrected chi connectivity index (χ3v) is 7.91. The summed E-state index contributed by atoms with van der Waals surface area (Å²) in [6.45, 7) is 3.97. The van der Waals surface area contributed by atoms with Crippen molar-refractivity contribution >= 4 is 5.97 Å². The molecule has 0 amide bonds. The Hall–Kier alpha value is -4.31. The van der Waals surface area contributed by atoms with Gasteiger partial charge < -0.3 is 19.7 Å². The van der Waals surface area contributed by atoms with E-state index >= 15 is 0 Å². The molecule has 1 aliphatic carbocycles. The molecule has 0 unspecified atom stereocenters. The van der Waals surface area contributed by atoms with Crippen LogP contribution in [0, 0.1) is 0 Å². The van der Waals surface area contributed by atoms with Crippen LogP contribution in [0.2, 0.25) is 0 Å². The van der Waals surface area contributed by atoms with Gasteiger partial charge in [-0.15, -0.1) is 0 Å². The second kappa shape index (κ2) is 10.8. The lowest BCUT2D eigenvalue weighted by Gasteiger charge is -2.20. The number of aliphatic carboxylic acids is 1. The van der Waals surface area contributed by atoms with Crippen molar-refractivity contribution in [2.75, 3.05) is 6.61 Å². The fourth-order valence-electron chi connectivity index (χ4n) is 6.05. The van der Waals surface area contributed by atoms with E-state index in [0.29, 0.717) is 47.6 Å². The molecule has 0 saturated carbocycles. The summed E-state index contributed by atoms with van der Waals surface area (Å²) in [5.41, 5.74) is 2.75. The van der Waals surface area contributed by atoms with Crippen molar-refractivity contribution in [3.05, 3.63) is 89.2 Å². The van der Waals surface area contributed by atoms with Gasteiger partial charge in [-0.3, -0.25) is 9.48 Å². The average Bonchev–Trinajstić information content (AvgIpc) is 3.66. The van der Waals surface area contributed by atoms with Gasteiger partial charge in [0.25, 0.3) is 0 Å². The van der Waals surface area contributed by atoms with Crippen LogP contribution in [-0.2, 0) is 23.9 Å². The monoisotopic (exact) mass is 592 g/mol. The molecule has 2 aliphatic rings. The topological polar surface area (TPSA) is 93.8 Å². The predicted molar refractivity (Wildman–Crippen MR) is 153 cm³/mol. The third kappa shape index (κ3) is 5.97. The van der Waals surface area contributed by atoms with E-state index in [2.05, 4.69) is 5.10 Å². The van der Waals surface area contributed by atoms with Crippen LogP contribution in [0.4, 0.5) is 13.2 Å². The van der Waals surface area contributed by atoms with Crippen LogP contribution in [0.5, 0.6) is 11.5 Å². The quantitative estimate of drug-likeness (QED) is 0.228. The summed E-state index contributed by atoms with van der Waals surface area (Å²) in [6, 6.07) is 14.9. The van der Waals surface area contributed by atoms with Crippen molar-refractivity contribution in [2.45, 2.75) is 63.5 Å². The molecule has 1 aromatic heterocycles. The zero-order valence-electron chi connectivity index (χ0n) is 23.7. The van der Waals surface area contributed by atoms with Crippen molar-refractivity contribution in [1.82, 2.24) is 9.78 Å². The van der Waals surface area contributed by atoms with Crippen molar-refractivity contribution in [3.63, 3.8) is 0 Å². The summed E-state index contributed by atoms with van der Waals surface area (Å²) >= 11 is 0. The minimum absolute atomic E-state index is 0.0276. The van der Waals surface area contributed by atoms with E-state index in [0.717, 1.165) is 22.8 Å². The summed E-state index contributed by atoms with van der Waals surface area (Å²) in [4.78, 5) is 11.2. The molecule has 0 spiro atoms. The summed E-state index contributed by atoms with van der Waals surface area (Å²) in [5, 5.41) is 23.5. The molecule has 2 N–H and O–H groups in total. The van der Waals surface area contributed by atoms with E-state index < -0.39 is 29.4 Å². The lowest BCUT2D eigenvalue weighted by molar-refractivity contribution is -0.138. The van der Waals surface area contributed by atoms with Crippen molar-refractivity contribution < 1.29 is 37.7 Å². The van der Waals surface area contributed by atoms with Crippen LogP contribution in [-0.4, -0.2) is 38.2 Å². The molecular weight excluding hydrogens is 561 g/mol. The number of rotatable bonds is 8. The molecule has 2 heterocycles. The number of carbonyl (C=O) groups is 1. The summed E-state index contributed by atoms with van der Waals surface area (Å²) in [6.07, 6.45) is -0.600. The minimum atomic E-state index is -4.54. The summed E-state index contributed by atoms with van der Waals surface area (Å²) in [5.74, 6) is -0.0389.